The predicted octanol–water partition coefficient (Wildman–Crippen LogP) is 5.44. The van der Waals surface area contributed by atoms with Crippen LogP contribution < -0.4 is 30.1 Å². The number of aromatic hydroxyl groups is 3. The van der Waals surface area contributed by atoms with Crippen LogP contribution in [0.3, 0.4) is 0 Å². The molecule has 63 heavy (non-hydrogen) atoms. The number of sulfonamides is 1. The fraction of sp³-hybridized carbons (Fsp3) is 0.136. The van der Waals surface area contributed by atoms with E-state index in [-0.39, 0.29) is 51.7 Å². The molecule has 3 amide bonds. The van der Waals surface area contributed by atoms with Gasteiger partial charge in [0.2, 0.25) is 0 Å². The molecule has 0 unspecified atom stereocenters. The standard InChI is InChI=1S/C44H39N5O13S/c1-24(22-25-4-12-29(50)13-5-25)41(54)46-28-10-8-27(9-11-28)42(55)47-33(20-21-45)36(51)23-26-6-14-30(15-7-26)63(59,60)49-35-19-16-31(37(52)40(35)62-3)43(56)48-34-18-17-32(44(57)58)38(53)39(34)61-2/h4-19,22,33,49-50,52-53H,20,23H2,1-3H3,(H,46,54)(H,47,55)(H,48,56)(H,57,58)/b24-22+/t33-/m0/s1. The number of carbonyl (C=O) groups is 5. The molecular weight excluding hydrogens is 839 g/mol. The number of anilines is 3. The van der Waals surface area contributed by atoms with E-state index in [0.29, 0.717) is 22.4 Å². The normalized spacial score (nSPS) is 11.6. The van der Waals surface area contributed by atoms with Crippen molar-refractivity contribution in [3.8, 4) is 34.8 Å². The molecule has 0 aliphatic heterocycles. The van der Waals surface area contributed by atoms with Crippen molar-refractivity contribution >= 4 is 62.6 Å². The summed E-state index contributed by atoms with van der Waals surface area (Å²) in [7, 11) is -2.11. The number of nitriles is 1. The number of phenolic OH excluding ortho intramolecular Hbond substituents is 2. The van der Waals surface area contributed by atoms with Gasteiger partial charge in [-0.1, -0.05) is 24.3 Å². The third-order valence-electron chi connectivity index (χ3n) is 9.28. The molecule has 5 rings (SSSR count). The summed E-state index contributed by atoms with van der Waals surface area (Å²) in [4.78, 5) is 63.3. The van der Waals surface area contributed by atoms with Crippen LogP contribution in [-0.2, 0) is 26.0 Å². The van der Waals surface area contributed by atoms with E-state index >= 15 is 0 Å². The van der Waals surface area contributed by atoms with Gasteiger partial charge in [-0.2, -0.15) is 5.26 Å². The van der Waals surface area contributed by atoms with Gasteiger partial charge >= 0.3 is 5.97 Å². The number of carboxylic acids is 1. The third kappa shape index (κ3) is 11.1. The summed E-state index contributed by atoms with van der Waals surface area (Å²) in [6, 6.07) is 22.4. The predicted molar refractivity (Wildman–Crippen MR) is 229 cm³/mol. The van der Waals surface area contributed by atoms with Crippen LogP contribution in [0.2, 0.25) is 0 Å². The number of Topliss-reactive ketones (excluding diaryl/α,β-unsaturated/α-hetero) is 1. The van der Waals surface area contributed by atoms with Gasteiger partial charge in [-0.3, -0.25) is 23.9 Å². The van der Waals surface area contributed by atoms with E-state index in [0.717, 1.165) is 38.5 Å². The first kappa shape index (κ1) is 45.7. The Bertz CT molecular complexity index is 2770. The van der Waals surface area contributed by atoms with E-state index in [2.05, 4.69) is 20.7 Å². The average molecular weight is 878 g/mol. The van der Waals surface area contributed by atoms with Crippen LogP contribution >= 0.6 is 0 Å². The second kappa shape index (κ2) is 19.8. The lowest BCUT2D eigenvalue weighted by molar-refractivity contribution is -0.120. The average Bonchev–Trinajstić information content (AvgIpc) is 3.24. The number of amides is 3. The fourth-order valence-corrected chi connectivity index (χ4v) is 7.06. The molecule has 0 spiro atoms. The lowest BCUT2D eigenvalue weighted by Gasteiger charge is -2.17. The van der Waals surface area contributed by atoms with Crippen molar-refractivity contribution in [3.63, 3.8) is 0 Å². The van der Waals surface area contributed by atoms with Gasteiger partial charge < -0.3 is 45.9 Å². The molecule has 1 atom stereocenters. The van der Waals surface area contributed by atoms with Gasteiger partial charge in [-0.05, 0) is 96.9 Å². The number of carboxylic acid groups (broad SMARTS) is 1. The van der Waals surface area contributed by atoms with Gasteiger partial charge in [-0.25, -0.2) is 13.2 Å². The van der Waals surface area contributed by atoms with Gasteiger partial charge in [0.15, 0.2) is 28.8 Å². The first-order valence-electron chi connectivity index (χ1n) is 18.5. The Hall–Kier alpha value is -8.37. The Morgan fingerprint density at radius 2 is 1.33 bits per heavy atom. The zero-order valence-corrected chi connectivity index (χ0v) is 34.4. The monoisotopic (exact) mass is 877 g/mol. The number of benzene rings is 5. The van der Waals surface area contributed by atoms with Crippen LogP contribution in [0.5, 0.6) is 28.7 Å². The maximum Gasteiger partial charge on any atom is 0.339 e. The number of hydrogen-bond donors (Lipinski definition) is 8. The molecule has 0 saturated carbocycles. The largest absolute Gasteiger partial charge is 0.508 e. The summed E-state index contributed by atoms with van der Waals surface area (Å²) in [5, 5.41) is 57.0. The lowest BCUT2D eigenvalue weighted by atomic mass is 10.0. The van der Waals surface area contributed by atoms with Gasteiger partial charge in [0.25, 0.3) is 27.7 Å². The highest BCUT2D eigenvalue weighted by molar-refractivity contribution is 7.92. The minimum absolute atomic E-state index is 0.0946. The van der Waals surface area contributed by atoms with Crippen molar-refractivity contribution in [1.29, 1.82) is 5.26 Å². The molecule has 0 bridgehead atoms. The summed E-state index contributed by atoms with van der Waals surface area (Å²) in [5.41, 5.74) is 0.739. The molecule has 0 fully saturated rings. The van der Waals surface area contributed by atoms with Gasteiger partial charge in [-0.15, -0.1) is 0 Å². The fourth-order valence-electron chi connectivity index (χ4n) is 5.99. The highest BCUT2D eigenvalue weighted by Gasteiger charge is 2.26. The molecule has 8 N–H and O–H groups in total. The second-order valence-electron chi connectivity index (χ2n) is 13.6. The first-order chi connectivity index (χ1) is 30.0. The van der Waals surface area contributed by atoms with Crippen molar-refractivity contribution in [1.82, 2.24) is 5.32 Å². The maximum atomic E-state index is 13.4. The Balaban J connectivity index is 1.21. The number of ketones is 1. The number of aromatic carboxylic acids is 1. The second-order valence-corrected chi connectivity index (χ2v) is 15.3. The van der Waals surface area contributed by atoms with Crippen LogP contribution in [0, 0.1) is 11.3 Å². The highest BCUT2D eigenvalue weighted by Crippen LogP contribution is 2.41. The number of nitrogens with one attached hydrogen (secondary N) is 4. The number of hydrogen-bond acceptors (Lipinski definition) is 13. The van der Waals surface area contributed by atoms with Crippen molar-refractivity contribution in [3.05, 3.63) is 130 Å². The number of nitrogens with zero attached hydrogens (tertiary/aromatic N) is 1. The molecule has 0 aromatic heterocycles. The number of phenols is 3. The SMILES string of the molecule is COc1c(NC(=O)c2ccc(NS(=O)(=O)c3ccc(CC(=O)[C@H](CC#N)NC(=O)c4ccc(NC(=O)/C(C)=C/c5ccc(O)cc5)cc4)cc3)c(OC)c2O)ccc(C(=O)O)c1O. The highest BCUT2D eigenvalue weighted by atomic mass is 32.2. The van der Waals surface area contributed by atoms with Gasteiger partial charge in [0.05, 0.1) is 48.5 Å². The van der Waals surface area contributed by atoms with Crippen LogP contribution in [-0.4, -0.2) is 78.6 Å². The first-order valence-corrected chi connectivity index (χ1v) is 20.0. The Labute approximate surface area is 360 Å². The Kier molecular flexibility index (Phi) is 14.4. The molecular formula is C44H39N5O13S. The van der Waals surface area contributed by atoms with Crippen LogP contribution in [0.25, 0.3) is 6.08 Å². The van der Waals surface area contributed by atoms with E-state index in [1.165, 1.54) is 60.7 Å². The van der Waals surface area contributed by atoms with Crippen LogP contribution in [0.1, 0.15) is 55.5 Å². The number of carbonyl (C=O) groups excluding carboxylic acids is 4. The number of ether oxygens (including phenoxy) is 2. The Morgan fingerprint density at radius 1 is 0.746 bits per heavy atom. The summed E-state index contributed by atoms with van der Waals surface area (Å²) in [6.07, 6.45) is 1.01. The van der Waals surface area contributed by atoms with E-state index in [9.17, 15) is 58.1 Å². The zero-order chi connectivity index (χ0) is 46.0. The van der Waals surface area contributed by atoms with E-state index in [1.54, 1.807) is 25.1 Å². The minimum Gasteiger partial charge on any atom is -0.508 e. The molecule has 0 heterocycles. The summed E-state index contributed by atoms with van der Waals surface area (Å²) < 4.78 is 39.3. The molecule has 0 aliphatic carbocycles. The third-order valence-corrected chi connectivity index (χ3v) is 10.7. The summed E-state index contributed by atoms with van der Waals surface area (Å²) in [6.45, 7) is 1.62. The van der Waals surface area contributed by atoms with E-state index in [4.69, 9.17) is 9.47 Å². The molecule has 324 valence electrons. The van der Waals surface area contributed by atoms with Crippen molar-refractivity contribution in [2.45, 2.75) is 30.7 Å². The topological polar surface area (TPSA) is 291 Å². The molecule has 19 heteroatoms. The quantitative estimate of drug-likeness (QED) is 0.0540. The minimum atomic E-state index is -4.37. The molecule has 0 aliphatic rings. The van der Waals surface area contributed by atoms with Gasteiger partial charge in [0, 0.05) is 23.2 Å². The van der Waals surface area contributed by atoms with Crippen LogP contribution in [0.4, 0.5) is 17.1 Å². The molecule has 5 aromatic carbocycles. The molecule has 0 saturated heterocycles. The maximum absolute atomic E-state index is 13.4. The summed E-state index contributed by atoms with van der Waals surface area (Å²) in [5.74, 6) is -6.19. The smallest absolute Gasteiger partial charge is 0.339 e. The van der Waals surface area contributed by atoms with Crippen LogP contribution in [0.15, 0.2) is 108 Å². The molecule has 5 aromatic rings. The van der Waals surface area contributed by atoms with Crippen molar-refractivity contribution in [2.75, 3.05) is 29.6 Å². The van der Waals surface area contributed by atoms with E-state index in [1.807, 2.05) is 6.07 Å². The van der Waals surface area contributed by atoms with Gasteiger partial charge in [0.1, 0.15) is 17.4 Å². The molecule has 0 radical (unpaired) electrons. The number of rotatable bonds is 17. The molecule has 18 nitrogen and oxygen atoms in total. The Morgan fingerprint density at radius 3 is 1.94 bits per heavy atom. The van der Waals surface area contributed by atoms with E-state index < -0.39 is 68.4 Å². The number of methoxy groups -OCH3 is 2. The zero-order valence-electron chi connectivity index (χ0n) is 33.6. The van der Waals surface area contributed by atoms with Crippen molar-refractivity contribution in [2.24, 2.45) is 0 Å². The van der Waals surface area contributed by atoms with Crippen molar-refractivity contribution < 1.29 is 62.3 Å². The summed E-state index contributed by atoms with van der Waals surface area (Å²) >= 11 is 0. The lowest BCUT2D eigenvalue weighted by Crippen LogP contribution is -2.41.